The molecule has 0 unspecified atom stereocenters. The third-order valence-corrected chi connectivity index (χ3v) is 3.03. The van der Waals surface area contributed by atoms with Crippen LogP contribution in [0.15, 0.2) is 27.9 Å². The van der Waals surface area contributed by atoms with Crippen LogP contribution in [0.4, 0.5) is 0 Å². The summed E-state index contributed by atoms with van der Waals surface area (Å²) in [5, 5.41) is 0. The van der Waals surface area contributed by atoms with E-state index in [1.54, 1.807) is 19.2 Å². The van der Waals surface area contributed by atoms with Gasteiger partial charge in [0.1, 0.15) is 16.2 Å². The summed E-state index contributed by atoms with van der Waals surface area (Å²) in [6.07, 6.45) is 3.16. The van der Waals surface area contributed by atoms with Gasteiger partial charge in [0, 0.05) is 17.8 Å². The minimum Gasteiger partial charge on any atom is -0.449 e. The number of hydrogen-bond acceptors (Lipinski definition) is 4. The van der Waals surface area contributed by atoms with Gasteiger partial charge in [-0.2, -0.15) is 0 Å². The van der Waals surface area contributed by atoms with Crippen LogP contribution in [-0.4, -0.2) is 15.0 Å². The zero-order valence-electron chi connectivity index (χ0n) is 10.9. The number of H-pyrrole nitrogens is 1. The van der Waals surface area contributed by atoms with Crippen LogP contribution in [0.1, 0.15) is 31.2 Å². The molecule has 0 fully saturated rings. The number of nitrogens with zero attached hydrogens (tertiary/aromatic N) is 2. The van der Waals surface area contributed by atoms with E-state index in [0.29, 0.717) is 16.2 Å². The van der Waals surface area contributed by atoms with Crippen LogP contribution in [0, 0.1) is 6.92 Å². The highest BCUT2D eigenvalue weighted by atomic mass is 79.9. The van der Waals surface area contributed by atoms with Gasteiger partial charge in [-0.15, -0.1) is 0 Å². The van der Waals surface area contributed by atoms with E-state index in [4.69, 9.17) is 4.74 Å². The molecule has 0 atom stereocenters. The number of ether oxygens (including phenoxy) is 1. The Balaban J connectivity index is 2.42. The maximum Gasteiger partial charge on any atom is 0.293 e. The van der Waals surface area contributed by atoms with Crippen molar-refractivity contribution in [3.8, 4) is 11.5 Å². The molecule has 6 heteroatoms. The number of aromatic amines is 1. The molecule has 2 aromatic heterocycles. The second-order valence-corrected chi connectivity index (χ2v) is 5.28. The van der Waals surface area contributed by atoms with Crippen molar-refractivity contribution in [1.29, 1.82) is 0 Å². The van der Waals surface area contributed by atoms with E-state index in [9.17, 15) is 4.79 Å². The zero-order valence-corrected chi connectivity index (χ0v) is 12.5. The topological polar surface area (TPSA) is 67.9 Å². The molecule has 0 aromatic carbocycles. The Bertz CT molecular complexity index is 653. The Morgan fingerprint density at radius 2 is 2.00 bits per heavy atom. The first-order chi connectivity index (χ1) is 8.97. The van der Waals surface area contributed by atoms with Crippen molar-refractivity contribution in [2.75, 3.05) is 0 Å². The number of rotatable bonds is 3. The molecule has 2 rings (SSSR count). The van der Waals surface area contributed by atoms with Crippen LogP contribution in [0.5, 0.6) is 11.5 Å². The number of aromatic nitrogens is 3. The van der Waals surface area contributed by atoms with E-state index in [0.717, 1.165) is 5.56 Å². The predicted molar refractivity (Wildman–Crippen MR) is 75.7 cm³/mol. The molecular weight excluding hydrogens is 310 g/mol. The maximum atomic E-state index is 11.8. The monoisotopic (exact) mass is 323 g/mol. The molecule has 5 nitrogen and oxygen atoms in total. The number of pyridine rings is 1. The molecule has 100 valence electrons. The molecule has 0 radical (unpaired) electrons. The van der Waals surface area contributed by atoms with E-state index in [-0.39, 0.29) is 17.2 Å². The van der Waals surface area contributed by atoms with Crippen molar-refractivity contribution in [3.63, 3.8) is 0 Å². The minimum absolute atomic E-state index is 0.172. The molecule has 0 aliphatic heterocycles. The molecule has 19 heavy (non-hydrogen) atoms. The number of aryl methyl sites for hydroxylation is 1. The molecule has 0 saturated carbocycles. The Hall–Kier alpha value is -1.69. The first kappa shape index (κ1) is 13.7. The van der Waals surface area contributed by atoms with Crippen LogP contribution in [0.2, 0.25) is 0 Å². The lowest BCUT2D eigenvalue weighted by molar-refractivity contribution is 0.460. The Kier molecular flexibility index (Phi) is 3.99. The molecule has 0 aliphatic rings. The first-order valence-electron chi connectivity index (χ1n) is 5.86. The van der Waals surface area contributed by atoms with Crippen molar-refractivity contribution in [2.45, 2.75) is 26.7 Å². The maximum absolute atomic E-state index is 11.8. The van der Waals surface area contributed by atoms with Crippen LogP contribution in [0.25, 0.3) is 0 Å². The summed E-state index contributed by atoms with van der Waals surface area (Å²) in [5.74, 6) is 1.57. The molecular formula is C13H14BrN3O2. The summed E-state index contributed by atoms with van der Waals surface area (Å²) in [7, 11) is 0. The molecule has 2 heterocycles. The Labute approximate surface area is 119 Å². The number of nitrogens with one attached hydrogen (secondary N) is 1. The molecule has 0 amide bonds. The summed E-state index contributed by atoms with van der Waals surface area (Å²) in [6, 6.07) is 1.74. The van der Waals surface area contributed by atoms with Gasteiger partial charge in [-0.25, -0.2) is 9.97 Å². The normalized spacial score (nSPS) is 10.8. The first-order valence-corrected chi connectivity index (χ1v) is 6.66. The molecule has 2 aromatic rings. The lowest BCUT2D eigenvalue weighted by Crippen LogP contribution is -2.11. The van der Waals surface area contributed by atoms with Crippen LogP contribution < -0.4 is 10.3 Å². The fraction of sp³-hybridized carbons (Fsp3) is 0.308. The standard InChI is InChI=1S/C13H14BrN3O2/c1-7(2)9-5-16-12(14)4-10(9)19-11-6-15-8(3)17-13(11)18/h4-7H,1-3H3,(H,15,17,18). The second kappa shape index (κ2) is 5.52. The molecule has 0 spiro atoms. The van der Waals surface area contributed by atoms with E-state index in [1.807, 2.05) is 13.8 Å². The van der Waals surface area contributed by atoms with Gasteiger partial charge in [-0.05, 0) is 28.8 Å². The zero-order chi connectivity index (χ0) is 14.0. The van der Waals surface area contributed by atoms with E-state index < -0.39 is 0 Å². The Morgan fingerprint density at radius 1 is 1.26 bits per heavy atom. The summed E-state index contributed by atoms with van der Waals surface area (Å²) < 4.78 is 6.32. The highest BCUT2D eigenvalue weighted by molar-refractivity contribution is 9.10. The van der Waals surface area contributed by atoms with Gasteiger partial charge in [-0.3, -0.25) is 4.79 Å². The summed E-state index contributed by atoms with van der Waals surface area (Å²) in [4.78, 5) is 22.6. The second-order valence-electron chi connectivity index (χ2n) is 4.46. The van der Waals surface area contributed by atoms with Gasteiger partial charge < -0.3 is 9.72 Å². The van der Waals surface area contributed by atoms with Crippen molar-refractivity contribution >= 4 is 15.9 Å². The fourth-order valence-electron chi connectivity index (χ4n) is 1.61. The van der Waals surface area contributed by atoms with E-state index in [1.165, 1.54) is 6.20 Å². The largest absolute Gasteiger partial charge is 0.449 e. The summed E-state index contributed by atoms with van der Waals surface area (Å²) in [5.41, 5.74) is 0.637. The lowest BCUT2D eigenvalue weighted by atomic mass is 10.1. The number of hydrogen-bond donors (Lipinski definition) is 1. The van der Waals surface area contributed by atoms with Crippen molar-refractivity contribution < 1.29 is 4.74 Å². The van der Waals surface area contributed by atoms with Gasteiger partial charge in [0.25, 0.3) is 5.56 Å². The van der Waals surface area contributed by atoms with Crippen molar-refractivity contribution in [3.05, 3.63) is 44.8 Å². The third-order valence-electron chi connectivity index (χ3n) is 2.60. The van der Waals surface area contributed by atoms with Crippen LogP contribution in [-0.2, 0) is 0 Å². The van der Waals surface area contributed by atoms with Crippen LogP contribution in [0.3, 0.4) is 0 Å². The molecule has 1 N–H and O–H groups in total. The van der Waals surface area contributed by atoms with Gasteiger partial charge >= 0.3 is 0 Å². The minimum atomic E-state index is -0.296. The van der Waals surface area contributed by atoms with E-state index >= 15 is 0 Å². The van der Waals surface area contributed by atoms with Crippen LogP contribution >= 0.6 is 15.9 Å². The number of halogens is 1. The molecule has 0 saturated heterocycles. The van der Waals surface area contributed by atoms with Gasteiger partial charge in [0.15, 0.2) is 0 Å². The fourth-order valence-corrected chi connectivity index (χ4v) is 1.92. The average molecular weight is 324 g/mol. The third kappa shape index (κ3) is 3.20. The quantitative estimate of drug-likeness (QED) is 0.881. The lowest BCUT2D eigenvalue weighted by Gasteiger charge is -2.12. The highest BCUT2D eigenvalue weighted by Crippen LogP contribution is 2.30. The van der Waals surface area contributed by atoms with Crippen molar-refractivity contribution in [1.82, 2.24) is 15.0 Å². The average Bonchev–Trinajstić information content (AvgIpc) is 2.32. The van der Waals surface area contributed by atoms with E-state index in [2.05, 4.69) is 30.9 Å². The smallest absolute Gasteiger partial charge is 0.293 e. The summed E-state index contributed by atoms with van der Waals surface area (Å²) >= 11 is 3.30. The molecule has 0 aliphatic carbocycles. The van der Waals surface area contributed by atoms with Gasteiger partial charge in [0.05, 0.1) is 6.20 Å². The van der Waals surface area contributed by atoms with Gasteiger partial charge in [0.2, 0.25) is 5.75 Å². The Morgan fingerprint density at radius 3 is 2.63 bits per heavy atom. The SMILES string of the molecule is Cc1ncc(Oc2cc(Br)ncc2C(C)C)c(=O)[nH]1. The van der Waals surface area contributed by atoms with Crippen molar-refractivity contribution in [2.24, 2.45) is 0 Å². The highest BCUT2D eigenvalue weighted by Gasteiger charge is 2.12. The molecule has 0 bridgehead atoms. The van der Waals surface area contributed by atoms with Gasteiger partial charge in [-0.1, -0.05) is 13.8 Å². The predicted octanol–water partition coefficient (Wildman–Crippen LogP) is 3.15. The summed E-state index contributed by atoms with van der Waals surface area (Å²) in [6.45, 7) is 5.79.